The van der Waals surface area contributed by atoms with Crippen molar-refractivity contribution in [3.05, 3.63) is 96.3 Å². The van der Waals surface area contributed by atoms with Crippen LogP contribution in [-0.2, 0) is 0 Å². The van der Waals surface area contributed by atoms with Gasteiger partial charge in [-0.15, -0.1) is 5.10 Å². The summed E-state index contributed by atoms with van der Waals surface area (Å²) in [4.78, 5) is 24.7. The van der Waals surface area contributed by atoms with Crippen LogP contribution in [0.3, 0.4) is 0 Å². The Hall–Kier alpha value is -4.53. The molecule has 0 aliphatic heterocycles. The number of benzene rings is 3. The molecule has 160 valence electrons. The fourth-order valence-electron chi connectivity index (χ4n) is 3.08. The molecule has 0 radical (unpaired) electrons. The topological polar surface area (TPSA) is 114 Å². The van der Waals surface area contributed by atoms with Gasteiger partial charge in [-0.3, -0.25) is 4.79 Å². The lowest BCUT2D eigenvalue weighted by molar-refractivity contribution is 0.0940. The molecule has 3 aromatic carbocycles. The molecule has 0 aliphatic rings. The van der Waals surface area contributed by atoms with Gasteiger partial charge in [0.25, 0.3) is 5.91 Å². The first kappa shape index (κ1) is 20.7. The number of carbonyl (C=O) groups is 2. The number of hydrogen-bond donors (Lipinski definition) is 3. The van der Waals surface area contributed by atoms with Gasteiger partial charge in [-0.25, -0.2) is 9.48 Å². The van der Waals surface area contributed by atoms with Crippen molar-refractivity contribution in [1.82, 2.24) is 25.5 Å². The zero-order valence-corrected chi connectivity index (χ0v) is 17.3. The summed E-state index contributed by atoms with van der Waals surface area (Å²) in [6.45, 7) is 1.90. The fraction of sp³-hybridized carbons (Fsp3) is 0.0870. The second-order valence-corrected chi connectivity index (χ2v) is 7.06. The smallest absolute Gasteiger partial charge is 0.323 e. The van der Waals surface area contributed by atoms with Crippen molar-refractivity contribution in [2.24, 2.45) is 0 Å². The SMILES string of the molecule is CC(NC(=O)c1ccc(-n2cnnn2)cc1)c1ccc(NC(=O)Nc2ccccc2)cc1. The third-order valence-corrected chi connectivity index (χ3v) is 4.79. The summed E-state index contributed by atoms with van der Waals surface area (Å²) >= 11 is 0. The van der Waals surface area contributed by atoms with Crippen LogP contribution in [0.2, 0.25) is 0 Å². The van der Waals surface area contributed by atoms with E-state index in [1.165, 1.54) is 11.0 Å². The highest BCUT2D eigenvalue weighted by molar-refractivity contribution is 5.99. The van der Waals surface area contributed by atoms with E-state index in [0.717, 1.165) is 11.3 Å². The maximum Gasteiger partial charge on any atom is 0.323 e. The van der Waals surface area contributed by atoms with Gasteiger partial charge in [-0.2, -0.15) is 0 Å². The standard InChI is InChI=1S/C23H21N7O2/c1-16(25-22(31)18-9-13-21(14-10-18)30-15-24-28-29-30)17-7-11-20(12-8-17)27-23(32)26-19-5-3-2-4-6-19/h2-16H,1H3,(H,25,31)(H2,26,27,32). The molecule has 1 heterocycles. The molecule has 4 rings (SSSR count). The lowest BCUT2D eigenvalue weighted by Gasteiger charge is -2.15. The number of urea groups is 1. The molecule has 3 N–H and O–H groups in total. The molecule has 1 unspecified atom stereocenters. The normalized spacial score (nSPS) is 11.4. The number of hydrogen-bond acceptors (Lipinski definition) is 5. The molecule has 0 fully saturated rings. The Kier molecular flexibility index (Phi) is 6.17. The summed E-state index contributed by atoms with van der Waals surface area (Å²) in [6, 6.07) is 23.0. The van der Waals surface area contributed by atoms with Crippen LogP contribution < -0.4 is 16.0 Å². The van der Waals surface area contributed by atoms with Crippen LogP contribution in [0.4, 0.5) is 16.2 Å². The second-order valence-electron chi connectivity index (χ2n) is 7.06. The van der Waals surface area contributed by atoms with Crippen molar-refractivity contribution < 1.29 is 9.59 Å². The molecule has 32 heavy (non-hydrogen) atoms. The minimum Gasteiger partial charge on any atom is -0.346 e. The molecule has 9 heteroatoms. The molecule has 0 saturated carbocycles. The average Bonchev–Trinajstić information content (AvgIpc) is 3.35. The zero-order valence-electron chi connectivity index (χ0n) is 17.3. The summed E-state index contributed by atoms with van der Waals surface area (Å²) in [6.07, 6.45) is 1.49. The van der Waals surface area contributed by atoms with Crippen LogP contribution in [-0.4, -0.2) is 32.1 Å². The lowest BCUT2D eigenvalue weighted by Crippen LogP contribution is -2.26. The molecule has 0 aliphatic carbocycles. The van der Waals surface area contributed by atoms with Gasteiger partial charge in [0.1, 0.15) is 6.33 Å². The highest BCUT2D eigenvalue weighted by atomic mass is 16.2. The number of carbonyl (C=O) groups excluding carboxylic acids is 2. The molecule has 1 aromatic heterocycles. The Morgan fingerprint density at radius 1 is 0.844 bits per heavy atom. The van der Waals surface area contributed by atoms with E-state index >= 15 is 0 Å². The Balaban J connectivity index is 1.32. The second kappa shape index (κ2) is 9.52. The minimum atomic E-state index is -0.324. The van der Waals surface area contributed by atoms with E-state index in [1.54, 1.807) is 36.4 Å². The van der Waals surface area contributed by atoms with Crippen LogP contribution >= 0.6 is 0 Å². The maximum absolute atomic E-state index is 12.6. The Bertz CT molecular complexity index is 1180. The van der Waals surface area contributed by atoms with Crippen LogP contribution in [0.15, 0.2) is 85.2 Å². The molecule has 0 spiro atoms. The molecular formula is C23H21N7O2. The number of tetrazole rings is 1. The van der Waals surface area contributed by atoms with E-state index in [4.69, 9.17) is 0 Å². The maximum atomic E-state index is 12.6. The number of nitrogens with zero attached hydrogens (tertiary/aromatic N) is 4. The highest BCUT2D eigenvalue weighted by Crippen LogP contribution is 2.18. The number of para-hydroxylation sites is 1. The first-order chi connectivity index (χ1) is 15.6. The summed E-state index contributed by atoms with van der Waals surface area (Å²) in [5.41, 5.74) is 3.57. The van der Waals surface area contributed by atoms with E-state index in [0.29, 0.717) is 16.9 Å². The summed E-state index contributed by atoms with van der Waals surface area (Å²) in [7, 11) is 0. The quantitative estimate of drug-likeness (QED) is 0.433. The van der Waals surface area contributed by atoms with Crippen LogP contribution in [0, 0.1) is 0 Å². The van der Waals surface area contributed by atoms with Crippen molar-refractivity contribution in [2.45, 2.75) is 13.0 Å². The van der Waals surface area contributed by atoms with Crippen molar-refractivity contribution in [3.63, 3.8) is 0 Å². The summed E-state index contributed by atoms with van der Waals surface area (Å²) in [5.74, 6) is -0.190. The molecule has 0 bridgehead atoms. The Morgan fingerprint density at radius 2 is 1.50 bits per heavy atom. The van der Waals surface area contributed by atoms with E-state index in [9.17, 15) is 9.59 Å². The number of nitrogens with one attached hydrogen (secondary N) is 3. The van der Waals surface area contributed by atoms with Gasteiger partial charge in [0, 0.05) is 16.9 Å². The Labute approximate surface area is 184 Å². The minimum absolute atomic E-state index is 0.190. The van der Waals surface area contributed by atoms with E-state index < -0.39 is 0 Å². The highest BCUT2D eigenvalue weighted by Gasteiger charge is 2.12. The van der Waals surface area contributed by atoms with Gasteiger partial charge in [0.05, 0.1) is 11.7 Å². The average molecular weight is 427 g/mol. The van der Waals surface area contributed by atoms with E-state index in [2.05, 4.69) is 31.5 Å². The predicted octanol–water partition coefficient (Wildman–Crippen LogP) is 3.80. The van der Waals surface area contributed by atoms with Gasteiger partial charge in [0.15, 0.2) is 0 Å². The third-order valence-electron chi connectivity index (χ3n) is 4.79. The van der Waals surface area contributed by atoms with Crippen molar-refractivity contribution in [2.75, 3.05) is 10.6 Å². The monoisotopic (exact) mass is 427 g/mol. The molecule has 0 saturated heterocycles. The lowest BCUT2D eigenvalue weighted by atomic mass is 10.1. The number of anilines is 2. The molecule has 9 nitrogen and oxygen atoms in total. The first-order valence-corrected chi connectivity index (χ1v) is 9.96. The summed E-state index contributed by atoms with van der Waals surface area (Å²) in [5, 5.41) is 19.5. The van der Waals surface area contributed by atoms with Crippen molar-refractivity contribution >= 4 is 23.3 Å². The predicted molar refractivity (Wildman–Crippen MR) is 121 cm³/mol. The molecule has 4 aromatic rings. The third kappa shape index (κ3) is 5.14. The van der Waals surface area contributed by atoms with Crippen molar-refractivity contribution in [3.8, 4) is 5.69 Å². The van der Waals surface area contributed by atoms with Gasteiger partial charge in [0.2, 0.25) is 0 Å². The number of rotatable bonds is 6. The molecular weight excluding hydrogens is 406 g/mol. The van der Waals surface area contributed by atoms with Gasteiger partial charge in [-0.05, 0) is 71.4 Å². The largest absolute Gasteiger partial charge is 0.346 e. The van der Waals surface area contributed by atoms with Crippen molar-refractivity contribution in [1.29, 1.82) is 0 Å². The van der Waals surface area contributed by atoms with Gasteiger partial charge >= 0.3 is 6.03 Å². The summed E-state index contributed by atoms with van der Waals surface area (Å²) < 4.78 is 1.51. The van der Waals surface area contributed by atoms with Crippen LogP contribution in [0.5, 0.6) is 0 Å². The Morgan fingerprint density at radius 3 is 2.12 bits per heavy atom. The first-order valence-electron chi connectivity index (χ1n) is 9.96. The van der Waals surface area contributed by atoms with Gasteiger partial charge < -0.3 is 16.0 Å². The molecule has 3 amide bonds. The van der Waals surface area contributed by atoms with E-state index in [-0.39, 0.29) is 18.0 Å². The number of amides is 3. The number of aromatic nitrogens is 4. The van der Waals surface area contributed by atoms with E-state index in [1.807, 2.05) is 49.4 Å². The molecule has 1 atom stereocenters. The fourth-order valence-corrected chi connectivity index (χ4v) is 3.08. The van der Waals surface area contributed by atoms with Crippen LogP contribution in [0.1, 0.15) is 28.9 Å². The van der Waals surface area contributed by atoms with Gasteiger partial charge in [-0.1, -0.05) is 30.3 Å². The zero-order chi connectivity index (χ0) is 22.3. The van der Waals surface area contributed by atoms with Crippen LogP contribution in [0.25, 0.3) is 5.69 Å².